The molecule has 0 aliphatic carbocycles. The Labute approximate surface area is 81.6 Å². The highest BCUT2D eigenvalue weighted by Gasteiger charge is 2.22. The van der Waals surface area contributed by atoms with Crippen molar-refractivity contribution in [3.05, 3.63) is 42.2 Å². The molecule has 72 valence electrons. The molecule has 0 saturated heterocycles. The van der Waals surface area contributed by atoms with Gasteiger partial charge in [0, 0.05) is 6.54 Å². The van der Waals surface area contributed by atoms with Crippen LogP contribution in [0.5, 0.6) is 0 Å². The molecule has 0 spiro atoms. The molecule has 0 fully saturated rings. The number of rotatable bonds is 1. The molecule has 1 heterocycles. The van der Waals surface area contributed by atoms with E-state index in [1.54, 1.807) is 11.0 Å². The third kappa shape index (κ3) is 1.31. The number of fused-ring (bicyclic) bond motifs is 1. The first-order chi connectivity index (χ1) is 6.72. The summed E-state index contributed by atoms with van der Waals surface area (Å²) in [6, 6.07) is 4.53. The predicted octanol–water partition coefficient (Wildman–Crippen LogP) is 1.90. The van der Waals surface area contributed by atoms with Crippen LogP contribution in [-0.2, 0) is 11.2 Å². The van der Waals surface area contributed by atoms with Gasteiger partial charge in [-0.3, -0.25) is 4.79 Å². The summed E-state index contributed by atoms with van der Waals surface area (Å²) < 4.78 is 12.9. The van der Waals surface area contributed by atoms with Gasteiger partial charge < -0.3 is 4.90 Å². The van der Waals surface area contributed by atoms with E-state index in [0.717, 1.165) is 12.0 Å². The van der Waals surface area contributed by atoms with Crippen LogP contribution in [0.1, 0.15) is 5.56 Å². The van der Waals surface area contributed by atoms with Gasteiger partial charge in [0.05, 0.1) is 5.69 Å². The maximum Gasteiger partial charge on any atom is 0.250 e. The van der Waals surface area contributed by atoms with Crippen molar-refractivity contribution in [3.8, 4) is 0 Å². The summed E-state index contributed by atoms with van der Waals surface area (Å²) in [6.45, 7) is 4.03. The van der Waals surface area contributed by atoms with E-state index < -0.39 is 0 Å². The quantitative estimate of drug-likeness (QED) is 0.621. The van der Waals surface area contributed by atoms with Crippen LogP contribution in [-0.4, -0.2) is 12.5 Å². The van der Waals surface area contributed by atoms with Crippen molar-refractivity contribution in [2.75, 3.05) is 11.4 Å². The van der Waals surface area contributed by atoms with E-state index in [0.29, 0.717) is 12.2 Å². The number of carbonyl (C=O) groups excluding carboxylic acids is 1. The maximum atomic E-state index is 12.9. The Morgan fingerprint density at radius 3 is 3.07 bits per heavy atom. The normalized spacial score (nSPS) is 13.9. The lowest BCUT2D eigenvalue weighted by molar-refractivity contribution is -0.114. The fraction of sp³-hybridized carbons (Fsp3) is 0.182. The molecule has 0 saturated carbocycles. The smallest absolute Gasteiger partial charge is 0.250 e. The molecule has 2 rings (SSSR count). The average Bonchev–Trinajstić information content (AvgIpc) is 2.59. The zero-order valence-corrected chi connectivity index (χ0v) is 7.66. The van der Waals surface area contributed by atoms with Gasteiger partial charge >= 0.3 is 0 Å². The Morgan fingerprint density at radius 2 is 2.36 bits per heavy atom. The number of hydrogen-bond donors (Lipinski definition) is 0. The van der Waals surface area contributed by atoms with Crippen LogP contribution in [0.3, 0.4) is 0 Å². The van der Waals surface area contributed by atoms with Gasteiger partial charge in [0.15, 0.2) is 0 Å². The second kappa shape index (κ2) is 3.25. The molecular weight excluding hydrogens is 181 g/mol. The summed E-state index contributed by atoms with van der Waals surface area (Å²) in [7, 11) is 0. The Bertz CT molecular complexity index is 400. The zero-order chi connectivity index (χ0) is 10.1. The molecule has 0 radical (unpaired) electrons. The second-order valence-corrected chi connectivity index (χ2v) is 3.22. The first-order valence-electron chi connectivity index (χ1n) is 4.45. The van der Waals surface area contributed by atoms with E-state index in [4.69, 9.17) is 0 Å². The van der Waals surface area contributed by atoms with Gasteiger partial charge in [-0.1, -0.05) is 12.6 Å². The number of hydrogen-bond acceptors (Lipinski definition) is 1. The number of anilines is 1. The predicted molar refractivity (Wildman–Crippen MR) is 52.7 cm³/mol. The average molecular weight is 191 g/mol. The SMILES string of the molecule is C=CC(=O)N1CCc2ccc(F)cc21. The van der Waals surface area contributed by atoms with Gasteiger partial charge in [-0.15, -0.1) is 0 Å². The highest BCUT2D eigenvalue weighted by molar-refractivity contribution is 6.02. The van der Waals surface area contributed by atoms with Crippen LogP contribution in [0.4, 0.5) is 10.1 Å². The molecule has 3 heteroatoms. The van der Waals surface area contributed by atoms with Gasteiger partial charge in [0.1, 0.15) is 5.82 Å². The van der Waals surface area contributed by atoms with Crippen LogP contribution in [0.15, 0.2) is 30.9 Å². The molecule has 1 aromatic rings. The highest BCUT2D eigenvalue weighted by atomic mass is 19.1. The van der Waals surface area contributed by atoms with Gasteiger partial charge in [0.2, 0.25) is 5.91 Å². The lowest BCUT2D eigenvalue weighted by Gasteiger charge is -2.14. The summed E-state index contributed by atoms with van der Waals surface area (Å²) in [4.78, 5) is 12.9. The van der Waals surface area contributed by atoms with Crippen molar-refractivity contribution in [1.29, 1.82) is 0 Å². The van der Waals surface area contributed by atoms with E-state index in [-0.39, 0.29) is 11.7 Å². The maximum absolute atomic E-state index is 12.9. The number of nitrogens with zero attached hydrogens (tertiary/aromatic N) is 1. The Hall–Kier alpha value is -1.64. The van der Waals surface area contributed by atoms with Gasteiger partial charge in [-0.2, -0.15) is 0 Å². The lowest BCUT2D eigenvalue weighted by Crippen LogP contribution is -2.26. The van der Waals surface area contributed by atoms with E-state index in [1.165, 1.54) is 18.2 Å². The number of halogens is 1. The summed E-state index contributed by atoms with van der Waals surface area (Å²) in [6.07, 6.45) is 2.04. The lowest BCUT2D eigenvalue weighted by atomic mass is 10.2. The summed E-state index contributed by atoms with van der Waals surface area (Å²) >= 11 is 0. The fourth-order valence-corrected chi connectivity index (χ4v) is 1.69. The number of carbonyl (C=O) groups is 1. The molecule has 1 amide bonds. The second-order valence-electron chi connectivity index (χ2n) is 3.22. The number of benzene rings is 1. The van der Waals surface area contributed by atoms with Crippen molar-refractivity contribution >= 4 is 11.6 Å². The van der Waals surface area contributed by atoms with Gasteiger partial charge in [-0.25, -0.2) is 4.39 Å². The van der Waals surface area contributed by atoms with Crippen LogP contribution < -0.4 is 4.90 Å². The Morgan fingerprint density at radius 1 is 1.57 bits per heavy atom. The molecule has 0 aromatic heterocycles. The molecule has 2 nitrogen and oxygen atoms in total. The van der Waals surface area contributed by atoms with Gasteiger partial charge in [-0.05, 0) is 30.2 Å². The van der Waals surface area contributed by atoms with Crippen molar-refractivity contribution in [2.24, 2.45) is 0 Å². The molecule has 1 aromatic carbocycles. The van der Waals surface area contributed by atoms with E-state index in [2.05, 4.69) is 6.58 Å². The molecule has 14 heavy (non-hydrogen) atoms. The van der Waals surface area contributed by atoms with Crippen molar-refractivity contribution < 1.29 is 9.18 Å². The molecular formula is C11H10FNO. The summed E-state index contributed by atoms with van der Waals surface area (Å²) in [5.41, 5.74) is 1.69. The number of amides is 1. The minimum Gasteiger partial charge on any atom is -0.308 e. The van der Waals surface area contributed by atoms with Crippen LogP contribution in [0, 0.1) is 5.82 Å². The third-order valence-electron chi connectivity index (χ3n) is 2.38. The fourth-order valence-electron chi connectivity index (χ4n) is 1.69. The molecule has 0 bridgehead atoms. The summed E-state index contributed by atoms with van der Waals surface area (Å²) in [5.74, 6) is -0.484. The standard InChI is InChI=1S/C11H10FNO/c1-2-11(14)13-6-5-8-3-4-9(12)7-10(8)13/h2-4,7H,1,5-6H2. The van der Waals surface area contributed by atoms with Gasteiger partial charge in [0.25, 0.3) is 0 Å². The Kier molecular flexibility index (Phi) is 2.08. The van der Waals surface area contributed by atoms with Crippen molar-refractivity contribution in [3.63, 3.8) is 0 Å². The molecule has 1 aliphatic heterocycles. The van der Waals surface area contributed by atoms with Crippen LogP contribution >= 0.6 is 0 Å². The molecule has 0 N–H and O–H groups in total. The Balaban J connectivity index is 2.42. The molecule has 0 atom stereocenters. The first-order valence-corrected chi connectivity index (χ1v) is 4.45. The van der Waals surface area contributed by atoms with Crippen LogP contribution in [0.2, 0.25) is 0 Å². The third-order valence-corrected chi connectivity index (χ3v) is 2.38. The van der Waals surface area contributed by atoms with E-state index in [1.807, 2.05) is 0 Å². The minimum atomic E-state index is -0.312. The monoisotopic (exact) mass is 191 g/mol. The minimum absolute atomic E-state index is 0.172. The zero-order valence-electron chi connectivity index (χ0n) is 7.66. The highest BCUT2D eigenvalue weighted by Crippen LogP contribution is 2.28. The van der Waals surface area contributed by atoms with E-state index >= 15 is 0 Å². The summed E-state index contributed by atoms with van der Waals surface area (Å²) in [5, 5.41) is 0. The van der Waals surface area contributed by atoms with Crippen molar-refractivity contribution in [2.45, 2.75) is 6.42 Å². The first kappa shape index (κ1) is 8.94. The van der Waals surface area contributed by atoms with Crippen molar-refractivity contribution in [1.82, 2.24) is 0 Å². The van der Waals surface area contributed by atoms with E-state index in [9.17, 15) is 9.18 Å². The van der Waals surface area contributed by atoms with Crippen LogP contribution in [0.25, 0.3) is 0 Å². The molecule has 0 unspecified atom stereocenters. The molecule has 1 aliphatic rings. The topological polar surface area (TPSA) is 20.3 Å². The largest absolute Gasteiger partial charge is 0.308 e.